The number of aliphatic hydroxyl groups excluding tert-OH is 1. The van der Waals surface area contributed by atoms with E-state index in [1.807, 2.05) is 4.90 Å². The Balaban J connectivity index is 2.16. The highest BCUT2D eigenvalue weighted by Gasteiger charge is 2.26. The summed E-state index contributed by atoms with van der Waals surface area (Å²) in [5.74, 6) is -0.354. The van der Waals surface area contributed by atoms with Crippen LogP contribution in [0.1, 0.15) is 12.0 Å². The van der Waals surface area contributed by atoms with Crippen LogP contribution in [-0.4, -0.2) is 34.6 Å². The monoisotopic (exact) mass is 254 g/mol. The van der Waals surface area contributed by atoms with Crippen LogP contribution in [0.25, 0.3) is 0 Å². The third-order valence-corrected chi connectivity index (χ3v) is 3.30. The van der Waals surface area contributed by atoms with Crippen molar-refractivity contribution in [3.05, 3.63) is 39.7 Å². The fourth-order valence-electron chi connectivity index (χ4n) is 2.30. The Hall–Kier alpha value is -1.53. The summed E-state index contributed by atoms with van der Waals surface area (Å²) in [6.45, 7) is 1.72. The number of nitro benzene ring substituents is 1. The van der Waals surface area contributed by atoms with E-state index in [2.05, 4.69) is 0 Å². The molecule has 1 N–H and O–H groups in total. The number of halogens is 1. The maximum absolute atomic E-state index is 13.7. The summed E-state index contributed by atoms with van der Waals surface area (Å²) in [6, 6.07) is 3.90. The number of hydrogen-bond acceptors (Lipinski definition) is 4. The molecule has 0 bridgehead atoms. The highest BCUT2D eigenvalue weighted by atomic mass is 19.1. The second-order valence-electron chi connectivity index (χ2n) is 4.57. The quantitative estimate of drug-likeness (QED) is 0.654. The van der Waals surface area contributed by atoms with Crippen LogP contribution < -0.4 is 0 Å². The third kappa shape index (κ3) is 2.65. The molecule has 1 fully saturated rings. The molecule has 1 heterocycles. The Morgan fingerprint density at radius 3 is 2.94 bits per heavy atom. The predicted octanol–water partition coefficient (Wildman–Crippen LogP) is 1.55. The van der Waals surface area contributed by atoms with Crippen molar-refractivity contribution in [3.63, 3.8) is 0 Å². The van der Waals surface area contributed by atoms with Gasteiger partial charge in [-0.2, -0.15) is 0 Å². The molecule has 0 aromatic heterocycles. The molecule has 1 aromatic carbocycles. The van der Waals surface area contributed by atoms with Gasteiger partial charge in [0.05, 0.1) is 10.5 Å². The summed E-state index contributed by atoms with van der Waals surface area (Å²) in [7, 11) is 0. The average molecular weight is 254 g/mol. The van der Waals surface area contributed by atoms with Crippen molar-refractivity contribution in [2.75, 3.05) is 19.7 Å². The van der Waals surface area contributed by atoms with Crippen LogP contribution in [0.3, 0.4) is 0 Å². The van der Waals surface area contributed by atoms with E-state index in [1.165, 1.54) is 18.2 Å². The zero-order chi connectivity index (χ0) is 13.1. The Morgan fingerprint density at radius 2 is 2.33 bits per heavy atom. The van der Waals surface area contributed by atoms with Gasteiger partial charge in [0.25, 0.3) is 5.69 Å². The lowest BCUT2D eigenvalue weighted by Gasteiger charge is -2.15. The van der Waals surface area contributed by atoms with Crippen molar-refractivity contribution in [2.45, 2.75) is 13.0 Å². The molecule has 1 aliphatic heterocycles. The van der Waals surface area contributed by atoms with E-state index in [4.69, 9.17) is 5.11 Å². The van der Waals surface area contributed by atoms with Crippen LogP contribution in [0.2, 0.25) is 0 Å². The summed E-state index contributed by atoms with van der Waals surface area (Å²) < 4.78 is 13.7. The zero-order valence-electron chi connectivity index (χ0n) is 9.88. The van der Waals surface area contributed by atoms with Gasteiger partial charge >= 0.3 is 0 Å². The molecule has 2 rings (SSSR count). The molecule has 1 aromatic rings. The second kappa shape index (κ2) is 5.41. The lowest BCUT2D eigenvalue weighted by molar-refractivity contribution is -0.385. The molecule has 1 unspecified atom stereocenters. The highest BCUT2D eigenvalue weighted by Crippen LogP contribution is 2.25. The number of benzene rings is 1. The molecule has 1 atom stereocenters. The van der Waals surface area contributed by atoms with Gasteiger partial charge in [0.2, 0.25) is 0 Å². The standard InChI is InChI=1S/C12H15FN2O3/c13-11-2-1-3-12(15(17)18)10(11)7-14-5-4-9(6-14)8-16/h1-3,9,16H,4-8H2. The minimum Gasteiger partial charge on any atom is -0.396 e. The summed E-state index contributed by atoms with van der Waals surface area (Å²) in [5, 5.41) is 19.9. The molecular weight excluding hydrogens is 239 g/mol. The van der Waals surface area contributed by atoms with Gasteiger partial charge in [-0.05, 0) is 24.9 Å². The minimum absolute atomic E-state index is 0.107. The van der Waals surface area contributed by atoms with Gasteiger partial charge in [0.15, 0.2) is 0 Å². The van der Waals surface area contributed by atoms with E-state index in [0.29, 0.717) is 6.54 Å². The fourth-order valence-corrected chi connectivity index (χ4v) is 2.30. The van der Waals surface area contributed by atoms with E-state index >= 15 is 0 Å². The number of rotatable bonds is 4. The molecular formula is C12H15FN2O3. The summed E-state index contributed by atoms with van der Waals surface area (Å²) >= 11 is 0. The number of likely N-dealkylation sites (tertiary alicyclic amines) is 1. The number of nitrogens with zero attached hydrogens (tertiary/aromatic N) is 2. The van der Waals surface area contributed by atoms with Crippen LogP contribution in [-0.2, 0) is 6.54 Å². The van der Waals surface area contributed by atoms with Crippen molar-refractivity contribution >= 4 is 5.69 Å². The molecule has 0 radical (unpaired) electrons. The van der Waals surface area contributed by atoms with Gasteiger partial charge < -0.3 is 5.11 Å². The molecule has 0 saturated carbocycles. The predicted molar refractivity (Wildman–Crippen MR) is 63.5 cm³/mol. The molecule has 0 spiro atoms. The van der Waals surface area contributed by atoms with Gasteiger partial charge in [-0.1, -0.05) is 6.07 Å². The Morgan fingerprint density at radius 1 is 1.56 bits per heavy atom. The Labute approximate surface area is 104 Å². The Bertz CT molecular complexity index is 453. The summed E-state index contributed by atoms with van der Waals surface area (Å²) in [4.78, 5) is 12.2. The van der Waals surface area contributed by atoms with Crippen LogP contribution in [0.15, 0.2) is 18.2 Å². The lowest BCUT2D eigenvalue weighted by Crippen LogP contribution is -2.22. The van der Waals surface area contributed by atoms with Crippen LogP contribution in [0.5, 0.6) is 0 Å². The average Bonchev–Trinajstić information content (AvgIpc) is 2.79. The third-order valence-electron chi connectivity index (χ3n) is 3.30. The van der Waals surface area contributed by atoms with E-state index < -0.39 is 10.7 Å². The highest BCUT2D eigenvalue weighted by molar-refractivity contribution is 5.40. The summed E-state index contributed by atoms with van der Waals surface area (Å²) in [6.07, 6.45) is 0.846. The van der Waals surface area contributed by atoms with Crippen LogP contribution in [0, 0.1) is 21.8 Å². The Kier molecular flexibility index (Phi) is 3.88. The maximum Gasteiger partial charge on any atom is 0.276 e. The van der Waals surface area contributed by atoms with Crippen molar-refractivity contribution in [3.8, 4) is 0 Å². The molecule has 1 aliphatic rings. The normalized spacial score (nSPS) is 20.2. The fraction of sp³-hybridized carbons (Fsp3) is 0.500. The SMILES string of the molecule is O=[N+]([O-])c1cccc(F)c1CN1CCC(CO)C1. The first-order valence-electron chi connectivity index (χ1n) is 5.86. The van der Waals surface area contributed by atoms with Crippen molar-refractivity contribution in [1.82, 2.24) is 4.90 Å². The lowest BCUT2D eigenvalue weighted by atomic mass is 10.1. The molecule has 6 heteroatoms. The minimum atomic E-state index is -0.558. The van der Waals surface area contributed by atoms with Gasteiger partial charge in [-0.15, -0.1) is 0 Å². The second-order valence-corrected chi connectivity index (χ2v) is 4.57. The smallest absolute Gasteiger partial charge is 0.276 e. The summed E-state index contributed by atoms with van der Waals surface area (Å²) in [5.41, 5.74) is -0.0523. The van der Waals surface area contributed by atoms with E-state index in [-0.39, 0.29) is 30.3 Å². The zero-order valence-corrected chi connectivity index (χ0v) is 9.88. The van der Waals surface area contributed by atoms with Crippen molar-refractivity contribution in [1.29, 1.82) is 0 Å². The van der Waals surface area contributed by atoms with E-state index in [1.54, 1.807) is 0 Å². The molecule has 1 saturated heterocycles. The van der Waals surface area contributed by atoms with Crippen molar-refractivity contribution in [2.24, 2.45) is 5.92 Å². The first-order valence-corrected chi connectivity index (χ1v) is 5.86. The van der Waals surface area contributed by atoms with Gasteiger partial charge in [-0.25, -0.2) is 4.39 Å². The molecule has 0 amide bonds. The maximum atomic E-state index is 13.7. The first kappa shape index (κ1) is 12.9. The van der Waals surface area contributed by atoms with E-state index in [0.717, 1.165) is 13.0 Å². The first-order chi connectivity index (χ1) is 8.61. The topological polar surface area (TPSA) is 66.6 Å². The van der Waals surface area contributed by atoms with Gasteiger partial charge in [0, 0.05) is 25.8 Å². The van der Waals surface area contributed by atoms with Crippen LogP contribution in [0.4, 0.5) is 10.1 Å². The number of aliphatic hydroxyl groups is 1. The van der Waals surface area contributed by atoms with Crippen molar-refractivity contribution < 1.29 is 14.4 Å². The largest absolute Gasteiger partial charge is 0.396 e. The molecule has 98 valence electrons. The molecule has 5 nitrogen and oxygen atoms in total. The molecule has 0 aliphatic carbocycles. The van der Waals surface area contributed by atoms with Gasteiger partial charge in [-0.3, -0.25) is 15.0 Å². The molecule has 18 heavy (non-hydrogen) atoms. The van der Waals surface area contributed by atoms with Crippen LogP contribution >= 0.6 is 0 Å². The van der Waals surface area contributed by atoms with E-state index in [9.17, 15) is 14.5 Å². The number of nitro groups is 1. The van der Waals surface area contributed by atoms with Gasteiger partial charge in [0.1, 0.15) is 5.82 Å². The number of hydrogen-bond donors (Lipinski definition) is 1.